The van der Waals surface area contributed by atoms with Gasteiger partial charge in [0.05, 0.1) is 18.9 Å². The van der Waals surface area contributed by atoms with E-state index in [1.54, 1.807) is 6.08 Å². The van der Waals surface area contributed by atoms with Gasteiger partial charge in [0.25, 0.3) is 0 Å². The number of rotatable bonds is 2. The van der Waals surface area contributed by atoms with Crippen LogP contribution in [0.15, 0.2) is 23.5 Å². The highest BCUT2D eigenvalue weighted by Gasteiger charge is 2.69. The molecule has 20 heavy (non-hydrogen) atoms. The summed E-state index contributed by atoms with van der Waals surface area (Å²) in [7, 11) is 2.74. The lowest BCUT2D eigenvalue weighted by molar-refractivity contribution is -0.252. The van der Waals surface area contributed by atoms with E-state index in [0.717, 1.165) is 0 Å². The zero-order valence-electron chi connectivity index (χ0n) is 11.1. The van der Waals surface area contributed by atoms with Crippen molar-refractivity contribution in [2.45, 2.75) is 11.9 Å². The molecule has 5 atom stereocenters. The van der Waals surface area contributed by atoms with Gasteiger partial charge in [-0.1, -0.05) is 6.08 Å². The number of carbonyl (C=O) groups excluding carboxylic acids is 2. The maximum absolute atomic E-state index is 12.7. The fourth-order valence-corrected chi connectivity index (χ4v) is 3.86. The van der Waals surface area contributed by atoms with E-state index in [1.807, 2.05) is 6.08 Å². The van der Waals surface area contributed by atoms with Crippen LogP contribution >= 0.6 is 0 Å². The van der Waals surface area contributed by atoms with Gasteiger partial charge in [-0.15, -0.1) is 0 Å². The predicted octanol–water partition coefficient (Wildman–Crippen LogP) is 0.186. The van der Waals surface area contributed by atoms with Crippen LogP contribution in [0.4, 0.5) is 0 Å². The fraction of sp³-hybridized carbons (Fsp3) is 0.571. The number of esters is 1. The molecule has 2 heterocycles. The maximum Gasteiger partial charge on any atom is 0.334 e. The van der Waals surface area contributed by atoms with Crippen molar-refractivity contribution in [2.75, 3.05) is 20.8 Å². The molecule has 5 rings (SSSR count). The summed E-state index contributed by atoms with van der Waals surface area (Å²) in [6.45, 7) is 0.185. The molecule has 0 aromatic heterocycles. The average molecular weight is 278 g/mol. The molecule has 0 amide bonds. The summed E-state index contributed by atoms with van der Waals surface area (Å²) in [4.78, 5) is 24.7. The van der Waals surface area contributed by atoms with Gasteiger partial charge < -0.3 is 18.9 Å². The van der Waals surface area contributed by atoms with Crippen LogP contribution in [0, 0.1) is 17.8 Å². The molecular formula is C14H14O6. The monoisotopic (exact) mass is 278 g/mol. The van der Waals surface area contributed by atoms with E-state index in [0.29, 0.717) is 11.3 Å². The molecule has 1 saturated carbocycles. The smallest absolute Gasteiger partial charge is 0.334 e. The molecule has 3 aliphatic carbocycles. The maximum atomic E-state index is 12.7. The Labute approximate surface area is 115 Å². The third-order valence-corrected chi connectivity index (χ3v) is 4.69. The number of hydrogen-bond donors (Lipinski definition) is 0. The number of ketones is 1. The second-order valence-corrected chi connectivity index (χ2v) is 5.43. The van der Waals surface area contributed by atoms with Crippen molar-refractivity contribution in [3.05, 3.63) is 23.5 Å². The van der Waals surface area contributed by atoms with Crippen molar-refractivity contribution in [2.24, 2.45) is 17.8 Å². The molecule has 6 heteroatoms. The van der Waals surface area contributed by atoms with E-state index in [-0.39, 0.29) is 24.4 Å². The van der Waals surface area contributed by atoms with Crippen LogP contribution in [0.2, 0.25) is 0 Å². The molecule has 0 radical (unpaired) electrons. The summed E-state index contributed by atoms with van der Waals surface area (Å²) in [5.74, 6) is -2.41. The van der Waals surface area contributed by atoms with Gasteiger partial charge >= 0.3 is 5.97 Å². The largest absolute Gasteiger partial charge is 0.491 e. The van der Waals surface area contributed by atoms with Gasteiger partial charge in [0.1, 0.15) is 18.5 Å². The molecule has 2 aliphatic heterocycles. The highest BCUT2D eigenvalue weighted by Crippen LogP contribution is 2.56. The van der Waals surface area contributed by atoms with Crippen molar-refractivity contribution >= 4 is 11.8 Å². The molecule has 5 bridgehead atoms. The molecule has 1 saturated heterocycles. The first-order valence-corrected chi connectivity index (χ1v) is 6.53. The second kappa shape index (κ2) is 3.71. The molecule has 0 aromatic carbocycles. The Morgan fingerprint density at radius 3 is 2.90 bits per heavy atom. The van der Waals surface area contributed by atoms with Crippen LogP contribution < -0.4 is 0 Å². The molecular weight excluding hydrogens is 264 g/mol. The molecule has 0 unspecified atom stereocenters. The Bertz CT molecular complexity index is 576. The summed E-state index contributed by atoms with van der Waals surface area (Å²) in [6, 6.07) is 0. The van der Waals surface area contributed by atoms with Crippen LogP contribution in [-0.4, -0.2) is 44.5 Å². The Morgan fingerprint density at radius 2 is 2.20 bits per heavy atom. The summed E-state index contributed by atoms with van der Waals surface area (Å²) in [5.41, 5.74) is 0.414. The van der Waals surface area contributed by atoms with Crippen LogP contribution in [0.5, 0.6) is 0 Å². The summed E-state index contributed by atoms with van der Waals surface area (Å²) < 4.78 is 21.8. The third kappa shape index (κ3) is 1.17. The zero-order chi connectivity index (χ0) is 14.1. The second-order valence-electron chi connectivity index (χ2n) is 5.43. The first-order valence-electron chi connectivity index (χ1n) is 6.53. The highest BCUT2D eigenvalue weighted by molar-refractivity contribution is 6.00. The van der Waals surface area contributed by atoms with Crippen LogP contribution in [0.3, 0.4) is 0 Å². The van der Waals surface area contributed by atoms with Crippen molar-refractivity contribution in [1.29, 1.82) is 0 Å². The van der Waals surface area contributed by atoms with Gasteiger partial charge in [-0.2, -0.15) is 0 Å². The summed E-state index contributed by atoms with van der Waals surface area (Å²) >= 11 is 0. The number of ether oxygens (including phenoxy) is 4. The Balaban J connectivity index is 1.93. The molecule has 0 N–H and O–H groups in total. The predicted molar refractivity (Wildman–Crippen MR) is 64.2 cm³/mol. The number of Topliss-reactive ketones (excluding diaryl/α,β-unsaturated/α-hetero) is 1. The van der Waals surface area contributed by atoms with Crippen LogP contribution in [-0.2, 0) is 28.5 Å². The van der Waals surface area contributed by atoms with E-state index in [9.17, 15) is 9.59 Å². The van der Waals surface area contributed by atoms with Gasteiger partial charge in [-0.25, -0.2) is 4.79 Å². The number of hydrogen-bond acceptors (Lipinski definition) is 6. The number of methoxy groups -OCH3 is 2. The minimum absolute atomic E-state index is 0.0388. The molecule has 0 spiro atoms. The van der Waals surface area contributed by atoms with Crippen molar-refractivity contribution in [3.8, 4) is 0 Å². The lowest BCUT2D eigenvalue weighted by Crippen LogP contribution is -2.66. The third-order valence-electron chi connectivity index (χ3n) is 4.69. The van der Waals surface area contributed by atoms with E-state index < -0.39 is 23.6 Å². The van der Waals surface area contributed by atoms with Crippen molar-refractivity contribution in [1.82, 2.24) is 0 Å². The quantitative estimate of drug-likeness (QED) is 0.671. The Morgan fingerprint density at radius 1 is 1.40 bits per heavy atom. The molecule has 2 fully saturated rings. The van der Waals surface area contributed by atoms with E-state index in [4.69, 9.17) is 18.9 Å². The molecule has 5 aliphatic rings. The minimum Gasteiger partial charge on any atom is -0.491 e. The minimum atomic E-state index is -1.43. The zero-order valence-corrected chi connectivity index (χ0v) is 11.1. The first-order chi connectivity index (χ1) is 9.62. The lowest BCUT2D eigenvalue weighted by atomic mass is 9.60. The average Bonchev–Trinajstić information content (AvgIpc) is 2.83. The number of allylic oxidation sites excluding steroid dienone is 1. The van der Waals surface area contributed by atoms with Gasteiger partial charge in [0.15, 0.2) is 5.78 Å². The highest BCUT2D eigenvalue weighted by atomic mass is 16.7. The molecule has 6 nitrogen and oxygen atoms in total. The first kappa shape index (κ1) is 12.1. The molecule has 106 valence electrons. The van der Waals surface area contributed by atoms with Crippen molar-refractivity contribution < 1.29 is 28.5 Å². The fourth-order valence-electron chi connectivity index (χ4n) is 3.86. The normalized spacial score (nSPS) is 43.8. The summed E-state index contributed by atoms with van der Waals surface area (Å²) in [6.07, 6.45) is 3.33. The standard InChI is InChI=1S/C14H14O6/c1-17-13(16)9-4-8-7-3-6-5-19-14(18-2,12(8)15)10(9)11(7)20-6/h3-4,7-8,10-11H,5H2,1-2H3/t7-,8-,10+,11-,14-/m0/s1. The summed E-state index contributed by atoms with van der Waals surface area (Å²) in [5, 5.41) is 0. The number of fused-ring (bicyclic) bond motifs is 1. The van der Waals surface area contributed by atoms with E-state index in [1.165, 1.54) is 14.2 Å². The van der Waals surface area contributed by atoms with Gasteiger partial charge in [-0.05, 0) is 6.08 Å². The van der Waals surface area contributed by atoms with Crippen LogP contribution in [0.1, 0.15) is 0 Å². The van der Waals surface area contributed by atoms with Gasteiger partial charge in [0.2, 0.25) is 5.79 Å². The topological polar surface area (TPSA) is 71.1 Å². The van der Waals surface area contributed by atoms with Gasteiger partial charge in [-0.3, -0.25) is 4.79 Å². The number of carbonyl (C=O) groups is 2. The SMILES string of the molecule is COC(=O)C1=C[C@@H]2C(=O)[C@@]3(OC)OCC4=C[C@@H]2[C@H](O4)[C@@H]13. The molecule has 0 aromatic rings. The lowest BCUT2D eigenvalue weighted by Gasteiger charge is -2.50. The van der Waals surface area contributed by atoms with E-state index >= 15 is 0 Å². The Kier molecular flexibility index (Phi) is 2.24. The Hall–Kier alpha value is -1.66. The van der Waals surface area contributed by atoms with Crippen molar-refractivity contribution in [3.63, 3.8) is 0 Å². The van der Waals surface area contributed by atoms with Crippen LogP contribution in [0.25, 0.3) is 0 Å². The van der Waals surface area contributed by atoms with E-state index in [2.05, 4.69) is 0 Å². The van der Waals surface area contributed by atoms with Gasteiger partial charge in [0, 0.05) is 18.6 Å².